The first-order valence-corrected chi connectivity index (χ1v) is 18.9. The van der Waals surface area contributed by atoms with Crippen LogP contribution in [0.5, 0.6) is 0 Å². The monoisotopic (exact) mass is 678 g/mol. The molecule has 0 aromatic heterocycles. The Morgan fingerprint density at radius 1 is 0.185 bits per heavy atom. The maximum atomic E-state index is 2.44. The van der Waals surface area contributed by atoms with Gasteiger partial charge in [0.05, 0.1) is 0 Å². The second kappa shape index (κ2) is 10.3. The Hall–Kier alpha value is -7.02. The van der Waals surface area contributed by atoms with E-state index < -0.39 is 0 Å². The standard InChI is InChI=1S/C54H30/c1-4-31-10-13-37-16-22-43(46-25-19-34(7-1)49(31)52(37)46)40-28-41(44-23-17-38-14-11-32-5-2-8-35-20-26-47(44)53(38)50(32)35)30-42(29-40)45-24-18-39-15-12-33-6-3-9-36-21-27-48(45)54(39)51(33)36/h1-30H. The first-order valence-electron chi connectivity index (χ1n) is 18.9. The van der Waals surface area contributed by atoms with Crippen LogP contribution in [0.3, 0.4) is 0 Å². The summed E-state index contributed by atoms with van der Waals surface area (Å²) in [4.78, 5) is 0. The fourth-order valence-corrected chi connectivity index (χ4v) is 10.1. The zero-order valence-electron chi connectivity index (χ0n) is 29.3. The molecule has 0 aliphatic carbocycles. The van der Waals surface area contributed by atoms with E-state index in [0.717, 1.165) is 0 Å². The first-order chi connectivity index (χ1) is 26.7. The first kappa shape index (κ1) is 28.6. The third-order valence-corrected chi connectivity index (χ3v) is 12.5. The van der Waals surface area contributed by atoms with Crippen molar-refractivity contribution in [3.05, 3.63) is 182 Å². The van der Waals surface area contributed by atoms with Crippen molar-refractivity contribution in [1.29, 1.82) is 0 Å². The summed E-state index contributed by atoms with van der Waals surface area (Å²) in [6, 6.07) is 68.9. The van der Waals surface area contributed by atoms with Crippen molar-refractivity contribution in [2.24, 2.45) is 0 Å². The highest BCUT2D eigenvalue weighted by Crippen LogP contribution is 2.46. The molecule has 0 spiro atoms. The minimum absolute atomic E-state index is 1.23. The molecule has 0 nitrogen and oxygen atoms in total. The zero-order valence-corrected chi connectivity index (χ0v) is 29.3. The van der Waals surface area contributed by atoms with Crippen LogP contribution in [0.2, 0.25) is 0 Å². The molecule has 0 saturated carbocycles. The summed E-state index contributed by atoms with van der Waals surface area (Å²) in [5, 5.41) is 23.6. The summed E-state index contributed by atoms with van der Waals surface area (Å²) in [5.41, 5.74) is 7.49. The van der Waals surface area contributed by atoms with Gasteiger partial charge in [-0.1, -0.05) is 164 Å². The van der Waals surface area contributed by atoms with Gasteiger partial charge in [-0.25, -0.2) is 0 Å². The zero-order chi connectivity index (χ0) is 35.1. The largest absolute Gasteiger partial charge is 0.0610 e. The lowest BCUT2D eigenvalue weighted by atomic mass is 9.85. The van der Waals surface area contributed by atoms with Gasteiger partial charge in [0.1, 0.15) is 0 Å². The van der Waals surface area contributed by atoms with Crippen molar-refractivity contribution in [3.8, 4) is 33.4 Å². The minimum atomic E-state index is 1.23. The molecule has 13 rings (SSSR count). The van der Waals surface area contributed by atoms with Crippen LogP contribution in [0.15, 0.2) is 182 Å². The predicted molar refractivity (Wildman–Crippen MR) is 234 cm³/mol. The molecule has 0 N–H and O–H groups in total. The third-order valence-electron chi connectivity index (χ3n) is 12.5. The Morgan fingerprint density at radius 2 is 0.407 bits per heavy atom. The fourth-order valence-electron chi connectivity index (χ4n) is 10.1. The van der Waals surface area contributed by atoms with E-state index in [4.69, 9.17) is 0 Å². The Morgan fingerprint density at radius 3 is 0.685 bits per heavy atom. The van der Waals surface area contributed by atoms with Crippen LogP contribution in [-0.2, 0) is 0 Å². The maximum Gasteiger partial charge on any atom is -0.00206 e. The highest BCUT2D eigenvalue weighted by Gasteiger charge is 2.18. The van der Waals surface area contributed by atoms with E-state index >= 15 is 0 Å². The van der Waals surface area contributed by atoms with E-state index in [2.05, 4.69) is 182 Å². The smallest absolute Gasteiger partial charge is 0.00206 e. The van der Waals surface area contributed by atoms with E-state index in [0.29, 0.717) is 0 Å². The number of rotatable bonds is 3. The number of benzene rings is 13. The van der Waals surface area contributed by atoms with Crippen molar-refractivity contribution in [2.75, 3.05) is 0 Å². The summed E-state index contributed by atoms with van der Waals surface area (Å²) in [5.74, 6) is 0. The fraction of sp³-hybridized carbons (Fsp3) is 0. The Labute approximate surface area is 311 Å². The van der Waals surface area contributed by atoms with Gasteiger partial charge >= 0.3 is 0 Å². The summed E-state index contributed by atoms with van der Waals surface area (Å²) in [6.45, 7) is 0. The summed E-state index contributed by atoms with van der Waals surface area (Å²) < 4.78 is 0. The molecule has 0 saturated heterocycles. The van der Waals surface area contributed by atoms with Crippen LogP contribution in [0.4, 0.5) is 0 Å². The highest BCUT2D eigenvalue weighted by atomic mass is 14.2. The molecule has 0 amide bonds. The summed E-state index contributed by atoms with van der Waals surface area (Å²) in [6.07, 6.45) is 0. The van der Waals surface area contributed by atoms with Crippen molar-refractivity contribution < 1.29 is 0 Å². The second-order valence-electron chi connectivity index (χ2n) is 15.2. The minimum Gasteiger partial charge on any atom is -0.0610 e. The molecule has 246 valence electrons. The molecule has 0 heterocycles. The Bertz CT molecular complexity index is 3210. The molecule has 0 atom stereocenters. The van der Waals surface area contributed by atoms with Gasteiger partial charge in [-0.3, -0.25) is 0 Å². The van der Waals surface area contributed by atoms with Crippen LogP contribution < -0.4 is 0 Å². The lowest BCUT2D eigenvalue weighted by molar-refractivity contribution is 1.62. The molecule has 0 aliphatic rings. The van der Waals surface area contributed by atoms with Gasteiger partial charge < -0.3 is 0 Å². The van der Waals surface area contributed by atoms with E-state index in [1.807, 2.05) is 0 Å². The van der Waals surface area contributed by atoms with E-state index in [-0.39, 0.29) is 0 Å². The summed E-state index contributed by atoms with van der Waals surface area (Å²) >= 11 is 0. The maximum absolute atomic E-state index is 2.44. The van der Waals surface area contributed by atoms with Crippen molar-refractivity contribution >= 4 is 97.0 Å². The Kier molecular flexibility index (Phi) is 5.45. The molecule has 0 heteroatoms. The highest BCUT2D eigenvalue weighted by molar-refractivity contribution is 6.28. The topological polar surface area (TPSA) is 0 Å². The molecule has 0 fully saturated rings. The van der Waals surface area contributed by atoms with Crippen molar-refractivity contribution in [2.45, 2.75) is 0 Å². The van der Waals surface area contributed by atoms with E-state index in [1.165, 1.54) is 130 Å². The average molecular weight is 679 g/mol. The number of hydrogen-bond acceptors (Lipinski definition) is 0. The van der Waals surface area contributed by atoms with Gasteiger partial charge in [0.2, 0.25) is 0 Å². The van der Waals surface area contributed by atoms with Crippen LogP contribution in [0.1, 0.15) is 0 Å². The van der Waals surface area contributed by atoms with Crippen molar-refractivity contribution in [1.82, 2.24) is 0 Å². The average Bonchev–Trinajstić information content (AvgIpc) is 3.23. The molecule has 13 aromatic carbocycles. The van der Waals surface area contributed by atoms with Crippen LogP contribution in [-0.4, -0.2) is 0 Å². The van der Waals surface area contributed by atoms with Gasteiger partial charge in [0, 0.05) is 0 Å². The van der Waals surface area contributed by atoms with E-state index in [9.17, 15) is 0 Å². The quantitative estimate of drug-likeness (QED) is 0.163. The molecule has 0 radical (unpaired) electrons. The molecular formula is C54H30. The molecule has 0 aliphatic heterocycles. The predicted octanol–water partition coefficient (Wildman–Crippen LogP) is 15.4. The molecule has 13 aromatic rings. The molecular weight excluding hydrogens is 649 g/mol. The van der Waals surface area contributed by atoms with Crippen molar-refractivity contribution in [3.63, 3.8) is 0 Å². The lowest BCUT2D eigenvalue weighted by Gasteiger charge is -2.19. The normalized spacial score (nSPS) is 12.4. The van der Waals surface area contributed by atoms with Crippen LogP contribution in [0, 0.1) is 0 Å². The van der Waals surface area contributed by atoms with Gasteiger partial charge in [-0.05, 0) is 149 Å². The molecule has 54 heavy (non-hydrogen) atoms. The molecule has 0 bridgehead atoms. The van der Waals surface area contributed by atoms with Gasteiger partial charge in [-0.2, -0.15) is 0 Å². The second-order valence-corrected chi connectivity index (χ2v) is 15.2. The third kappa shape index (κ3) is 3.77. The van der Waals surface area contributed by atoms with Gasteiger partial charge in [0.15, 0.2) is 0 Å². The van der Waals surface area contributed by atoms with Crippen LogP contribution in [0.25, 0.3) is 130 Å². The van der Waals surface area contributed by atoms with Crippen LogP contribution >= 0.6 is 0 Å². The van der Waals surface area contributed by atoms with Gasteiger partial charge in [-0.15, -0.1) is 0 Å². The SMILES string of the molecule is c1cc2ccc3ccc(-c4cc(-c5ccc6ccc7cccc8ccc5c6c78)cc(-c5ccc6ccc7cccc8ccc5c6c78)c4)c4ccc(c1)c2c34. The van der Waals surface area contributed by atoms with Gasteiger partial charge in [0.25, 0.3) is 0 Å². The van der Waals surface area contributed by atoms with E-state index in [1.54, 1.807) is 0 Å². The Balaban J connectivity index is 1.14. The summed E-state index contributed by atoms with van der Waals surface area (Å²) in [7, 11) is 0. The molecule has 0 unspecified atom stereocenters. The number of hydrogen-bond donors (Lipinski definition) is 0. The lowest BCUT2D eigenvalue weighted by Crippen LogP contribution is -1.92.